The van der Waals surface area contributed by atoms with Crippen LogP contribution in [0.2, 0.25) is 0 Å². The second-order valence-electron chi connectivity index (χ2n) is 5.75. The summed E-state index contributed by atoms with van der Waals surface area (Å²) in [6.45, 7) is 0. The molecule has 0 atom stereocenters. The van der Waals surface area contributed by atoms with Gasteiger partial charge in [0.25, 0.3) is 0 Å². The standard InChI is InChI=1S/C23H20O2/c1-25-23(24)22(21-12-6-3-7-13-21)17-18-9-8-14-20(16-15-18)19-10-4-2-5-11-19/h2-13,15-17H,14H2,1H3/b22-17-. The Bertz CT molecular complexity index is 853. The molecule has 0 spiro atoms. The maximum atomic E-state index is 12.2. The van der Waals surface area contributed by atoms with Gasteiger partial charge in [0.15, 0.2) is 0 Å². The lowest BCUT2D eigenvalue weighted by molar-refractivity contribution is -0.133. The molecular weight excluding hydrogens is 308 g/mol. The van der Waals surface area contributed by atoms with Gasteiger partial charge in [-0.05, 0) is 34.8 Å². The molecular formula is C23H20O2. The molecule has 0 aliphatic heterocycles. The molecule has 0 saturated heterocycles. The van der Waals surface area contributed by atoms with Crippen LogP contribution in [0.4, 0.5) is 0 Å². The van der Waals surface area contributed by atoms with Crippen LogP contribution in [0.5, 0.6) is 0 Å². The van der Waals surface area contributed by atoms with E-state index >= 15 is 0 Å². The summed E-state index contributed by atoms with van der Waals surface area (Å²) < 4.78 is 4.96. The van der Waals surface area contributed by atoms with Crippen LogP contribution >= 0.6 is 0 Å². The molecule has 124 valence electrons. The van der Waals surface area contributed by atoms with Crippen LogP contribution in [0.3, 0.4) is 0 Å². The van der Waals surface area contributed by atoms with E-state index in [-0.39, 0.29) is 5.97 Å². The van der Waals surface area contributed by atoms with Crippen LogP contribution in [0, 0.1) is 0 Å². The Balaban J connectivity index is 1.96. The van der Waals surface area contributed by atoms with Crippen molar-refractivity contribution in [1.82, 2.24) is 0 Å². The predicted octanol–water partition coefficient (Wildman–Crippen LogP) is 5.21. The van der Waals surface area contributed by atoms with Gasteiger partial charge in [-0.3, -0.25) is 0 Å². The molecule has 0 aromatic heterocycles. The van der Waals surface area contributed by atoms with Gasteiger partial charge < -0.3 is 4.74 Å². The molecule has 3 rings (SSSR count). The summed E-state index contributed by atoms with van der Waals surface area (Å²) in [5.74, 6) is -0.336. The van der Waals surface area contributed by atoms with E-state index in [0.717, 1.165) is 17.6 Å². The quantitative estimate of drug-likeness (QED) is 0.568. The molecule has 1 aliphatic rings. The van der Waals surface area contributed by atoms with Gasteiger partial charge >= 0.3 is 5.97 Å². The van der Waals surface area contributed by atoms with Gasteiger partial charge in [-0.25, -0.2) is 4.79 Å². The first-order chi connectivity index (χ1) is 12.3. The van der Waals surface area contributed by atoms with Crippen LogP contribution in [-0.4, -0.2) is 13.1 Å². The number of rotatable bonds is 4. The molecule has 2 nitrogen and oxygen atoms in total. The summed E-state index contributed by atoms with van der Waals surface area (Å²) in [4.78, 5) is 12.2. The van der Waals surface area contributed by atoms with Crippen molar-refractivity contribution in [3.8, 4) is 0 Å². The molecule has 0 radical (unpaired) electrons. The fourth-order valence-electron chi connectivity index (χ4n) is 2.76. The van der Waals surface area contributed by atoms with Crippen molar-refractivity contribution < 1.29 is 9.53 Å². The van der Waals surface area contributed by atoms with Gasteiger partial charge in [-0.1, -0.05) is 85.0 Å². The van der Waals surface area contributed by atoms with Gasteiger partial charge in [0, 0.05) is 0 Å². The van der Waals surface area contributed by atoms with Crippen LogP contribution in [0.1, 0.15) is 17.5 Å². The molecule has 25 heavy (non-hydrogen) atoms. The predicted molar refractivity (Wildman–Crippen MR) is 103 cm³/mol. The molecule has 0 saturated carbocycles. The molecule has 0 N–H and O–H groups in total. The van der Waals surface area contributed by atoms with Crippen LogP contribution in [0.25, 0.3) is 11.1 Å². The van der Waals surface area contributed by atoms with Gasteiger partial charge in [0.1, 0.15) is 0 Å². The first kappa shape index (κ1) is 16.7. The maximum Gasteiger partial charge on any atom is 0.338 e. The summed E-state index contributed by atoms with van der Waals surface area (Å²) >= 11 is 0. The lowest BCUT2D eigenvalue weighted by atomic mass is 10.0. The minimum Gasteiger partial charge on any atom is -0.465 e. The monoisotopic (exact) mass is 328 g/mol. The minimum absolute atomic E-state index is 0.336. The molecule has 2 aromatic carbocycles. The second-order valence-corrected chi connectivity index (χ2v) is 5.75. The number of ether oxygens (including phenoxy) is 1. The largest absolute Gasteiger partial charge is 0.465 e. The third-order valence-electron chi connectivity index (χ3n) is 4.07. The summed E-state index contributed by atoms with van der Waals surface area (Å²) in [5.41, 5.74) is 4.83. The molecule has 2 aromatic rings. The van der Waals surface area contributed by atoms with Crippen molar-refractivity contribution in [2.24, 2.45) is 0 Å². The lowest BCUT2D eigenvalue weighted by Gasteiger charge is -2.06. The highest BCUT2D eigenvalue weighted by Crippen LogP contribution is 2.24. The van der Waals surface area contributed by atoms with Crippen molar-refractivity contribution >= 4 is 17.1 Å². The van der Waals surface area contributed by atoms with Crippen molar-refractivity contribution in [2.45, 2.75) is 6.42 Å². The molecule has 0 fully saturated rings. The lowest BCUT2D eigenvalue weighted by Crippen LogP contribution is -2.04. The highest BCUT2D eigenvalue weighted by atomic mass is 16.5. The smallest absolute Gasteiger partial charge is 0.338 e. The van der Waals surface area contributed by atoms with Crippen LogP contribution < -0.4 is 0 Å². The summed E-state index contributed by atoms with van der Waals surface area (Å²) in [7, 11) is 1.41. The fourth-order valence-corrected chi connectivity index (χ4v) is 2.76. The van der Waals surface area contributed by atoms with Gasteiger partial charge in [0.05, 0.1) is 12.7 Å². The maximum absolute atomic E-state index is 12.2. The third-order valence-corrected chi connectivity index (χ3v) is 4.07. The van der Waals surface area contributed by atoms with Gasteiger partial charge in [-0.2, -0.15) is 0 Å². The molecule has 2 heteroatoms. The van der Waals surface area contributed by atoms with Crippen molar-refractivity contribution in [3.63, 3.8) is 0 Å². The summed E-state index contributed by atoms with van der Waals surface area (Å²) in [6.07, 6.45) is 11.0. The Hall–Kier alpha value is -3.13. The van der Waals surface area contributed by atoms with Crippen LogP contribution in [0.15, 0.2) is 96.6 Å². The molecule has 0 amide bonds. The van der Waals surface area contributed by atoms with E-state index in [0.29, 0.717) is 5.57 Å². The number of methoxy groups -OCH3 is 1. The third kappa shape index (κ3) is 4.24. The average molecular weight is 328 g/mol. The van der Waals surface area contributed by atoms with Crippen molar-refractivity contribution in [2.75, 3.05) is 7.11 Å². The number of carbonyl (C=O) groups is 1. The Morgan fingerprint density at radius 3 is 2.32 bits per heavy atom. The van der Waals surface area contributed by atoms with E-state index < -0.39 is 0 Å². The Morgan fingerprint density at radius 1 is 0.960 bits per heavy atom. The number of esters is 1. The molecule has 0 bridgehead atoms. The Labute approximate surface area is 148 Å². The van der Waals surface area contributed by atoms with Gasteiger partial charge in [-0.15, -0.1) is 0 Å². The average Bonchev–Trinajstić information content (AvgIpc) is 2.92. The van der Waals surface area contributed by atoms with Crippen molar-refractivity contribution in [1.29, 1.82) is 0 Å². The fraction of sp³-hybridized carbons (Fsp3) is 0.0870. The summed E-state index contributed by atoms with van der Waals surface area (Å²) in [6, 6.07) is 19.9. The van der Waals surface area contributed by atoms with Gasteiger partial charge in [0.2, 0.25) is 0 Å². The van der Waals surface area contributed by atoms with E-state index in [1.54, 1.807) is 0 Å². The molecule has 0 unspecified atom stereocenters. The normalized spacial score (nSPS) is 14.4. The molecule has 1 aliphatic carbocycles. The Morgan fingerprint density at radius 2 is 1.64 bits per heavy atom. The highest BCUT2D eigenvalue weighted by Gasteiger charge is 2.12. The zero-order valence-corrected chi connectivity index (χ0v) is 14.2. The van der Waals surface area contributed by atoms with E-state index in [1.807, 2.05) is 66.8 Å². The zero-order valence-electron chi connectivity index (χ0n) is 14.2. The minimum atomic E-state index is -0.336. The number of hydrogen-bond donors (Lipinski definition) is 0. The van der Waals surface area contributed by atoms with E-state index in [9.17, 15) is 4.79 Å². The topological polar surface area (TPSA) is 26.3 Å². The molecule has 0 heterocycles. The van der Waals surface area contributed by atoms with Crippen molar-refractivity contribution in [3.05, 3.63) is 108 Å². The zero-order chi connectivity index (χ0) is 17.5. The highest BCUT2D eigenvalue weighted by molar-refractivity contribution is 6.17. The second kappa shape index (κ2) is 8.11. The van der Waals surface area contributed by atoms with E-state index in [2.05, 4.69) is 24.3 Å². The van der Waals surface area contributed by atoms with E-state index in [4.69, 9.17) is 4.74 Å². The first-order valence-corrected chi connectivity index (χ1v) is 8.26. The Kier molecular flexibility index (Phi) is 5.43. The van der Waals surface area contributed by atoms with E-state index in [1.165, 1.54) is 18.2 Å². The SMILES string of the molecule is COC(=O)/C(=C\C1=CC=C(c2ccccc2)CC=C1)c1ccccc1. The number of benzene rings is 2. The summed E-state index contributed by atoms with van der Waals surface area (Å²) in [5, 5.41) is 0. The number of hydrogen-bond acceptors (Lipinski definition) is 2. The number of carbonyl (C=O) groups excluding carboxylic acids is 1. The first-order valence-electron chi connectivity index (χ1n) is 8.26. The number of allylic oxidation sites excluding steroid dienone is 7. The van der Waals surface area contributed by atoms with Crippen LogP contribution in [-0.2, 0) is 9.53 Å².